The number of hydrogen-bond donors (Lipinski definition) is 2. The average Bonchev–Trinajstić information content (AvgIpc) is 2.47. The molecule has 120 valence electrons. The second kappa shape index (κ2) is 11.0. The lowest BCUT2D eigenvalue weighted by molar-refractivity contribution is 0.0277. The van der Waals surface area contributed by atoms with E-state index in [9.17, 15) is 5.11 Å². The molecular weight excluding hydrogens is 286 g/mol. The van der Waals surface area contributed by atoms with E-state index in [1.165, 1.54) is 19.3 Å². The highest BCUT2D eigenvalue weighted by Gasteiger charge is 2.08. The molecule has 0 aliphatic carbocycles. The van der Waals surface area contributed by atoms with E-state index in [-0.39, 0.29) is 0 Å². The minimum absolute atomic E-state index is 0.319. The quantitative estimate of drug-likeness (QED) is 0.611. The summed E-state index contributed by atoms with van der Waals surface area (Å²) in [6, 6.07) is 8.04. The number of halogens is 1. The Labute approximate surface area is 133 Å². The monoisotopic (exact) mass is 313 g/mol. The van der Waals surface area contributed by atoms with Gasteiger partial charge in [0.1, 0.15) is 0 Å². The van der Waals surface area contributed by atoms with Gasteiger partial charge in [0.25, 0.3) is 0 Å². The Morgan fingerprint density at radius 1 is 1.29 bits per heavy atom. The average molecular weight is 314 g/mol. The van der Waals surface area contributed by atoms with Crippen molar-refractivity contribution < 1.29 is 9.84 Å². The molecule has 21 heavy (non-hydrogen) atoms. The summed E-state index contributed by atoms with van der Waals surface area (Å²) in [5.41, 5.74) is 0.951. The van der Waals surface area contributed by atoms with Gasteiger partial charge in [-0.15, -0.1) is 0 Å². The predicted octanol–water partition coefficient (Wildman–Crippen LogP) is 3.78. The molecule has 0 aliphatic heterocycles. The highest BCUT2D eigenvalue weighted by molar-refractivity contribution is 6.31. The van der Waals surface area contributed by atoms with Crippen LogP contribution in [0, 0.1) is 0 Å². The molecule has 0 saturated heterocycles. The van der Waals surface area contributed by atoms with Crippen molar-refractivity contribution in [2.45, 2.75) is 58.3 Å². The van der Waals surface area contributed by atoms with Crippen LogP contribution in [0.2, 0.25) is 5.02 Å². The molecule has 0 saturated carbocycles. The van der Waals surface area contributed by atoms with Crippen LogP contribution in [0.25, 0.3) is 0 Å². The number of benzene rings is 1. The zero-order chi connectivity index (χ0) is 15.5. The van der Waals surface area contributed by atoms with Crippen LogP contribution in [0.1, 0.15) is 45.1 Å². The predicted molar refractivity (Wildman–Crippen MR) is 88.7 cm³/mol. The van der Waals surface area contributed by atoms with E-state index < -0.39 is 6.10 Å². The number of aliphatic hydroxyl groups excluding tert-OH is 1. The van der Waals surface area contributed by atoms with Gasteiger partial charge in [-0.1, -0.05) is 56.0 Å². The Balaban J connectivity index is 2.11. The topological polar surface area (TPSA) is 41.5 Å². The van der Waals surface area contributed by atoms with Gasteiger partial charge in [-0.25, -0.2) is 0 Å². The van der Waals surface area contributed by atoms with Gasteiger partial charge in [0.05, 0.1) is 19.3 Å². The summed E-state index contributed by atoms with van der Waals surface area (Å²) in [6.07, 6.45) is 4.42. The van der Waals surface area contributed by atoms with Crippen LogP contribution >= 0.6 is 11.6 Å². The Kier molecular flexibility index (Phi) is 9.68. The fourth-order valence-electron chi connectivity index (χ4n) is 2.12. The van der Waals surface area contributed by atoms with Crippen LogP contribution < -0.4 is 5.32 Å². The largest absolute Gasteiger partial charge is 0.389 e. The highest BCUT2D eigenvalue weighted by atomic mass is 35.5. The maximum atomic E-state index is 9.90. The van der Waals surface area contributed by atoms with Gasteiger partial charge in [0.2, 0.25) is 0 Å². The van der Waals surface area contributed by atoms with Crippen LogP contribution in [0.3, 0.4) is 0 Å². The number of unbranched alkanes of at least 4 members (excludes halogenated alkanes) is 2. The summed E-state index contributed by atoms with van der Waals surface area (Å²) in [6.45, 7) is 5.68. The number of rotatable bonds is 11. The number of hydrogen-bond acceptors (Lipinski definition) is 3. The first-order valence-corrected chi connectivity index (χ1v) is 8.23. The minimum atomic E-state index is -0.485. The van der Waals surface area contributed by atoms with Crippen molar-refractivity contribution in [2.24, 2.45) is 0 Å². The molecular formula is C17H28ClNO2. The Morgan fingerprint density at radius 3 is 2.76 bits per heavy atom. The Morgan fingerprint density at radius 2 is 2.05 bits per heavy atom. The smallest absolute Gasteiger partial charge is 0.0897 e. The zero-order valence-corrected chi connectivity index (χ0v) is 13.9. The molecule has 2 atom stereocenters. The van der Waals surface area contributed by atoms with Crippen LogP contribution in [-0.2, 0) is 11.3 Å². The molecule has 0 amide bonds. The molecule has 1 rings (SSSR count). The second-order valence-corrected chi connectivity index (χ2v) is 5.97. The van der Waals surface area contributed by atoms with E-state index in [0.717, 1.165) is 12.0 Å². The second-order valence-electron chi connectivity index (χ2n) is 5.57. The summed E-state index contributed by atoms with van der Waals surface area (Å²) in [4.78, 5) is 0. The molecule has 1 aromatic rings. The van der Waals surface area contributed by atoms with Crippen LogP contribution in [0.5, 0.6) is 0 Å². The van der Waals surface area contributed by atoms with E-state index >= 15 is 0 Å². The summed E-state index contributed by atoms with van der Waals surface area (Å²) in [5.74, 6) is 0. The van der Waals surface area contributed by atoms with Crippen molar-refractivity contribution >= 4 is 11.6 Å². The van der Waals surface area contributed by atoms with Crippen LogP contribution in [-0.4, -0.2) is 30.4 Å². The minimum Gasteiger partial charge on any atom is -0.389 e. The normalized spacial score (nSPS) is 14.1. The zero-order valence-electron chi connectivity index (χ0n) is 13.1. The van der Waals surface area contributed by atoms with Gasteiger partial charge >= 0.3 is 0 Å². The third-order valence-corrected chi connectivity index (χ3v) is 3.84. The van der Waals surface area contributed by atoms with Gasteiger partial charge in [0.15, 0.2) is 0 Å². The molecule has 0 aliphatic rings. The molecule has 0 fully saturated rings. The number of aliphatic hydroxyl groups is 1. The first kappa shape index (κ1) is 18.4. The van der Waals surface area contributed by atoms with E-state index in [4.69, 9.17) is 16.3 Å². The molecule has 4 heteroatoms. The van der Waals surface area contributed by atoms with Crippen molar-refractivity contribution in [1.29, 1.82) is 0 Å². The maximum Gasteiger partial charge on any atom is 0.0897 e. The number of nitrogens with one attached hydrogen (secondary N) is 1. The third kappa shape index (κ3) is 8.42. The van der Waals surface area contributed by atoms with Crippen molar-refractivity contribution in [3.05, 3.63) is 34.9 Å². The van der Waals surface area contributed by atoms with Gasteiger partial charge in [-0.2, -0.15) is 0 Å². The van der Waals surface area contributed by atoms with E-state index in [2.05, 4.69) is 19.2 Å². The van der Waals surface area contributed by atoms with Crippen molar-refractivity contribution in [3.63, 3.8) is 0 Å². The molecule has 0 spiro atoms. The summed E-state index contributed by atoms with van der Waals surface area (Å²) < 4.78 is 5.52. The molecule has 0 aromatic heterocycles. The molecule has 3 nitrogen and oxygen atoms in total. The van der Waals surface area contributed by atoms with Gasteiger partial charge in [0, 0.05) is 17.6 Å². The first-order chi connectivity index (χ1) is 10.1. The van der Waals surface area contributed by atoms with Crippen LogP contribution in [0.4, 0.5) is 0 Å². The molecule has 2 N–H and O–H groups in total. The van der Waals surface area contributed by atoms with Gasteiger partial charge in [-0.3, -0.25) is 0 Å². The Hall–Kier alpha value is -0.610. The summed E-state index contributed by atoms with van der Waals surface area (Å²) in [5, 5.41) is 13.9. The third-order valence-electron chi connectivity index (χ3n) is 3.47. The molecule has 0 bridgehead atoms. The highest BCUT2D eigenvalue weighted by Crippen LogP contribution is 2.15. The van der Waals surface area contributed by atoms with E-state index in [0.29, 0.717) is 30.8 Å². The summed E-state index contributed by atoms with van der Waals surface area (Å²) >= 11 is 6.05. The molecule has 0 heterocycles. The van der Waals surface area contributed by atoms with Crippen LogP contribution in [0.15, 0.2) is 24.3 Å². The van der Waals surface area contributed by atoms with Crippen molar-refractivity contribution in [2.75, 3.05) is 13.2 Å². The first-order valence-electron chi connectivity index (χ1n) is 7.86. The SMILES string of the molecule is CCCCC[C@@H](C)NC[C@@H](O)COCc1ccccc1Cl. The van der Waals surface area contributed by atoms with E-state index in [1.807, 2.05) is 24.3 Å². The Bertz CT molecular complexity index is 387. The van der Waals surface area contributed by atoms with Gasteiger partial charge in [-0.05, 0) is 25.0 Å². The lowest BCUT2D eigenvalue weighted by Gasteiger charge is -2.17. The molecule has 0 unspecified atom stereocenters. The van der Waals surface area contributed by atoms with Gasteiger partial charge < -0.3 is 15.2 Å². The lowest BCUT2D eigenvalue weighted by Crippen LogP contribution is -2.35. The lowest BCUT2D eigenvalue weighted by atomic mass is 10.1. The summed E-state index contributed by atoms with van der Waals surface area (Å²) in [7, 11) is 0. The van der Waals surface area contributed by atoms with E-state index in [1.54, 1.807) is 0 Å². The number of ether oxygens (including phenoxy) is 1. The standard InChI is InChI=1S/C17H28ClNO2/c1-3-4-5-8-14(2)19-11-16(20)13-21-12-15-9-6-7-10-17(15)18/h6-7,9-10,14,16,19-20H,3-5,8,11-13H2,1-2H3/t14-,16-/m1/s1. The fraction of sp³-hybridized carbons (Fsp3) is 0.647. The van der Waals surface area contributed by atoms with Crippen molar-refractivity contribution in [3.8, 4) is 0 Å². The van der Waals surface area contributed by atoms with Crippen molar-refractivity contribution in [1.82, 2.24) is 5.32 Å². The fourth-order valence-corrected chi connectivity index (χ4v) is 2.31. The molecule has 0 radical (unpaired) electrons. The maximum absolute atomic E-state index is 9.90. The molecule has 1 aromatic carbocycles.